The van der Waals surface area contributed by atoms with E-state index in [-0.39, 0.29) is 16.4 Å². The summed E-state index contributed by atoms with van der Waals surface area (Å²) in [5.41, 5.74) is 1.00. The van der Waals surface area contributed by atoms with E-state index in [1.807, 2.05) is 13.8 Å². The van der Waals surface area contributed by atoms with Crippen molar-refractivity contribution in [2.24, 2.45) is 5.41 Å². The van der Waals surface area contributed by atoms with Gasteiger partial charge < -0.3 is 0 Å². The van der Waals surface area contributed by atoms with Crippen LogP contribution >= 0.6 is 0 Å². The molecular formula is C21H28O6S2. The number of hydrogen-bond acceptors (Lipinski definition) is 6. The first-order valence-electron chi connectivity index (χ1n) is 9.33. The number of hydrogen-bond donors (Lipinski definition) is 0. The summed E-state index contributed by atoms with van der Waals surface area (Å²) >= 11 is 0. The normalized spacial score (nSPS) is 14.0. The molecule has 2 rings (SSSR count). The molecule has 160 valence electrons. The van der Waals surface area contributed by atoms with Gasteiger partial charge >= 0.3 is 0 Å². The molecule has 6 nitrogen and oxygen atoms in total. The number of aryl methyl sites for hydroxylation is 2. The van der Waals surface area contributed by atoms with E-state index in [0.29, 0.717) is 6.42 Å². The van der Waals surface area contributed by atoms with Gasteiger partial charge in [-0.2, -0.15) is 16.8 Å². The van der Waals surface area contributed by atoms with Crippen LogP contribution in [0.4, 0.5) is 0 Å². The molecule has 0 N–H and O–H groups in total. The smallest absolute Gasteiger partial charge is 0.266 e. The molecule has 0 aliphatic rings. The fraction of sp³-hybridized carbons (Fsp3) is 0.429. The Labute approximate surface area is 174 Å². The van der Waals surface area contributed by atoms with Crippen LogP contribution in [0.5, 0.6) is 0 Å². The molecule has 0 saturated carbocycles. The molecule has 1 unspecified atom stereocenters. The summed E-state index contributed by atoms with van der Waals surface area (Å²) in [4.78, 5) is 0.116. The van der Waals surface area contributed by atoms with Crippen molar-refractivity contribution in [2.45, 2.75) is 56.9 Å². The predicted molar refractivity (Wildman–Crippen MR) is 112 cm³/mol. The first-order chi connectivity index (χ1) is 13.4. The van der Waals surface area contributed by atoms with Gasteiger partial charge in [-0.25, -0.2) is 0 Å². The highest BCUT2D eigenvalue weighted by molar-refractivity contribution is 7.87. The van der Waals surface area contributed by atoms with Crippen LogP contribution in [0.3, 0.4) is 0 Å². The molecule has 29 heavy (non-hydrogen) atoms. The third kappa shape index (κ3) is 6.12. The van der Waals surface area contributed by atoms with Crippen LogP contribution in [-0.2, 0) is 28.6 Å². The van der Waals surface area contributed by atoms with Crippen LogP contribution in [0.25, 0.3) is 0 Å². The largest absolute Gasteiger partial charge is 0.297 e. The molecule has 0 fully saturated rings. The zero-order valence-electron chi connectivity index (χ0n) is 17.4. The quantitative estimate of drug-likeness (QED) is 0.543. The van der Waals surface area contributed by atoms with Crippen LogP contribution in [0.2, 0.25) is 0 Å². The van der Waals surface area contributed by atoms with Crippen molar-refractivity contribution >= 4 is 20.2 Å². The van der Waals surface area contributed by atoms with E-state index >= 15 is 0 Å². The standard InChI is InChI=1S/C21H28O6S2/c1-6-20(27-29(24,25)19-13-9-17(3)10-14-19)21(4,5)15-26-28(22,23)18-11-7-16(2)8-12-18/h7-14,20H,6,15H2,1-5H3. The summed E-state index contributed by atoms with van der Waals surface area (Å²) in [7, 11) is -7.94. The summed E-state index contributed by atoms with van der Waals surface area (Å²) in [5, 5.41) is 0. The Morgan fingerprint density at radius 3 is 1.62 bits per heavy atom. The number of benzene rings is 2. The van der Waals surface area contributed by atoms with Crippen molar-refractivity contribution in [3.8, 4) is 0 Å². The second kappa shape index (κ2) is 8.95. The minimum Gasteiger partial charge on any atom is -0.266 e. The Balaban J connectivity index is 2.14. The molecular weight excluding hydrogens is 412 g/mol. The summed E-state index contributed by atoms with van der Waals surface area (Å²) in [6.07, 6.45) is -0.395. The first-order valence-corrected chi connectivity index (χ1v) is 12.1. The van der Waals surface area contributed by atoms with E-state index in [4.69, 9.17) is 8.37 Å². The molecule has 2 aromatic rings. The van der Waals surface area contributed by atoms with Crippen LogP contribution < -0.4 is 0 Å². The molecule has 8 heteroatoms. The Hall–Kier alpha value is -1.74. The maximum Gasteiger partial charge on any atom is 0.297 e. The van der Waals surface area contributed by atoms with E-state index in [1.54, 1.807) is 45.0 Å². The fourth-order valence-electron chi connectivity index (χ4n) is 2.76. The lowest BCUT2D eigenvalue weighted by Gasteiger charge is -2.32. The average molecular weight is 441 g/mol. The van der Waals surface area contributed by atoms with Gasteiger partial charge in [-0.05, 0) is 44.5 Å². The second-order valence-electron chi connectivity index (χ2n) is 7.78. The zero-order valence-corrected chi connectivity index (χ0v) is 19.0. The molecule has 0 bridgehead atoms. The first kappa shape index (κ1) is 23.5. The van der Waals surface area contributed by atoms with E-state index in [1.165, 1.54) is 24.3 Å². The van der Waals surface area contributed by atoms with Crippen molar-refractivity contribution < 1.29 is 25.2 Å². The van der Waals surface area contributed by atoms with Crippen molar-refractivity contribution in [3.05, 3.63) is 59.7 Å². The molecule has 1 atom stereocenters. The van der Waals surface area contributed by atoms with Crippen molar-refractivity contribution in [1.82, 2.24) is 0 Å². The minimum absolute atomic E-state index is 0.0557. The molecule has 0 heterocycles. The Kier molecular flexibility index (Phi) is 7.27. The average Bonchev–Trinajstić information content (AvgIpc) is 2.65. The molecule has 0 aromatic heterocycles. The topological polar surface area (TPSA) is 86.7 Å². The van der Waals surface area contributed by atoms with E-state index in [0.717, 1.165) is 11.1 Å². The molecule has 0 aliphatic carbocycles. The molecule has 0 spiro atoms. The van der Waals surface area contributed by atoms with Gasteiger partial charge in [-0.1, -0.05) is 56.2 Å². The van der Waals surface area contributed by atoms with Gasteiger partial charge in [-0.15, -0.1) is 0 Å². The highest BCUT2D eigenvalue weighted by atomic mass is 32.2. The van der Waals surface area contributed by atoms with Gasteiger partial charge in [-0.3, -0.25) is 8.37 Å². The van der Waals surface area contributed by atoms with Crippen LogP contribution in [0.1, 0.15) is 38.3 Å². The van der Waals surface area contributed by atoms with Gasteiger partial charge in [0.15, 0.2) is 0 Å². The van der Waals surface area contributed by atoms with E-state index in [2.05, 4.69) is 0 Å². The molecule has 0 saturated heterocycles. The maximum absolute atomic E-state index is 12.6. The Bertz CT molecular complexity index is 1020. The fourth-order valence-corrected chi connectivity index (χ4v) is 5.11. The second-order valence-corrected chi connectivity index (χ2v) is 11.0. The third-order valence-electron chi connectivity index (χ3n) is 4.69. The van der Waals surface area contributed by atoms with Gasteiger partial charge in [0.2, 0.25) is 0 Å². The monoisotopic (exact) mass is 440 g/mol. The third-order valence-corrected chi connectivity index (χ3v) is 7.30. The summed E-state index contributed by atoms with van der Waals surface area (Å²) < 4.78 is 60.9. The minimum atomic E-state index is -3.99. The van der Waals surface area contributed by atoms with E-state index < -0.39 is 31.8 Å². The summed E-state index contributed by atoms with van der Waals surface area (Å²) in [6.45, 7) is 8.72. The van der Waals surface area contributed by atoms with Crippen LogP contribution in [-0.4, -0.2) is 29.5 Å². The van der Waals surface area contributed by atoms with Crippen LogP contribution in [0.15, 0.2) is 58.3 Å². The Morgan fingerprint density at radius 2 is 1.21 bits per heavy atom. The summed E-state index contributed by atoms with van der Waals surface area (Å²) in [5.74, 6) is 0. The molecule has 0 aliphatic heterocycles. The molecule has 2 aromatic carbocycles. The highest BCUT2D eigenvalue weighted by Gasteiger charge is 2.35. The van der Waals surface area contributed by atoms with Crippen LogP contribution in [0, 0.1) is 19.3 Å². The van der Waals surface area contributed by atoms with Gasteiger partial charge in [0.1, 0.15) is 0 Å². The SMILES string of the molecule is CCC(OS(=O)(=O)c1ccc(C)cc1)C(C)(C)COS(=O)(=O)c1ccc(C)cc1. The van der Waals surface area contributed by atoms with Gasteiger partial charge in [0.05, 0.1) is 22.5 Å². The highest BCUT2D eigenvalue weighted by Crippen LogP contribution is 2.31. The van der Waals surface area contributed by atoms with Crippen molar-refractivity contribution in [1.29, 1.82) is 0 Å². The lowest BCUT2D eigenvalue weighted by molar-refractivity contribution is 0.0377. The number of rotatable bonds is 9. The van der Waals surface area contributed by atoms with Gasteiger partial charge in [0, 0.05) is 5.41 Å². The molecule has 0 radical (unpaired) electrons. The lowest BCUT2D eigenvalue weighted by Crippen LogP contribution is -2.38. The lowest BCUT2D eigenvalue weighted by atomic mass is 9.86. The maximum atomic E-state index is 12.6. The summed E-state index contributed by atoms with van der Waals surface area (Å²) in [6, 6.07) is 12.7. The van der Waals surface area contributed by atoms with Crippen molar-refractivity contribution in [2.75, 3.05) is 6.61 Å². The predicted octanol–water partition coefficient (Wildman–Crippen LogP) is 4.22. The van der Waals surface area contributed by atoms with E-state index in [9.17, 15) is 16.8 Å². The molecule has 0 amide bonds. The van der Waals surface area contributed by atoms with Crippen molar-refractivity contribution in [3.63, 3.8) is 0 Å². The van der Waals surface area contributed by atoms with Gasteiger partial charge in [0.25, 0.3) is 20.2 Å². The zero-order chi connectivity index (χ0) is 21.9. The Morgan fingerprint density at radius 1 is 0.793 bits per heavy atom.